The van der Waals surface area contributed by atoms with Crippen LogP contribution in [0.5, 0.6) is 5.75 Å². The molecular weight excluding hydrogens is 420 g/mol. The topological polar surface area (TPSA) is 106 Å². The number of ether oxygens (including phenoxy) is 1. The van der Waals surface area contributed by atoms with Gasteiger partial charge in [-0.2, -0.15) is 9.29 Å². The highest BCUT2D eigenvalue weighted by atomic mass is 32.2. The summed E-state index contributed by atoms with van der Waals surface area (Å²) in [6.07, 6.45) is 0. The molecule has 3 rings (SSSR count). The van der Waals surface area contributed by atoms with Crippen molar-refractivity contribution in [2.75, 3.05) is 27.7 Å². The Kier molecular flexibility index (Phi) is 6.71. The lowest BCUT2D eigenvalue weighted by Gasteiger charge is -2.20. The van der Waals surface area contributed by atoms with E-state index in [1.807, 2.05) is 19.1 Å². The molecule has 0 aliphatic rings. The zero-order valence-corrected chi connectivity index (χ0v) is 18.6. The Labute approximate surface area is 181 Å². The van der Waals surface area contributed by atoms with Crippen LogP contribution in [0.15, 0.2) is 57.9 Å². The van der Waals surface area contributed by atoms with Crippen LogP contribution in [-0.4, -0.2) is 61.4 Å². The van der Waals surface area contributed by atoms with E-state index < -0.39 is 15.9 Å². The molecule has 9 nitrogen and oxygen atoms in total. The number of aromatic nitrogens is 2. The molecule has 0 unspecified atom stereocenters. The average molecular weight is 445 g/mol. The Hall–Kier alpha value is -3.24. The number of methoxy groups -OCH3 is 1. The second-order valence-corrected chi connectivity index (χ2v) is 9.11. The van der Waals surface area contributed by atoms with Gasteiger partial charge in [-0.15, -0.1) is 0 Å². The van der Waals surface area contributed by atoms with Crippen LogP contribution in [-0.2, 0) is 21.4 Å². The molecular formula is C21H24N4O5S. The second-order valence-electron chi connectivity index (χ2n) is 7.07. The van der Waals surface area contributed by atoms with Gasteiger partial charge in [-0.3, -0.25) is 4.79 Å². The van der Waals surface area contributed by atoms with Crippen LogP contribution in [0.2, 0.25) is 0 Å². The van der Waals surface area contributed by atoms with Gasteiger partial charge < -0.3 is 14.2 Å². The van der Waals surface area contributed by atoms with Crippen molar-refractivity contribution in [3.8, 4) is 17.1 Å². The van der Waals surface area contributed by atoms with E-state index in [-0.39, 0.29) is 23.9 Å². The maximum Gasteiger partial charge on any atom is 0.246 e. The number of amides is 1. The molecule has 3 aromatic rings. The van der Waals surface area contributed by atoms with Crippen molar-refractivity contribution in [3.05, 3.63) is 60.0 Å². The number of aryl methyl sites for hydroxylation is 1. The molecule has 164 valence electrons. The molecule has 1 heterocycles. The molecule has 0 radical (unpaired) electrons. The van der Waals surface area contributed by atoms with Crippen molar-refractivity contribution in [3.63, 3.8) is 0 Å². The lowest BCUT2D eigenvalue weighted by molar-refractivity contribution is -0.130. The fraction of sp³-hybridized carbons (Fsp3) is 0.286. The molecule has 1 aromatic heterocycles. The highest BCUT2D eigenvalue weighted by Gasteiger charge is 2.25. The van der Waals surface area contributed by atoms with E-state index in [0.717, 1.165) is 9.87 Å². The zero-order chi connectivity index (χ0) is 22.6. The van der Waals surface area contributed by atoms with Gasteiger partial charge >= 0.3 is 0 Å². The van der Waals surface area contributed by atoms with Crippen LogP contribution in [0.4, 0.5) is 0 Å². The summed E-state index contributed by atoms with van der Waals surface area (Å²) in [5.74, 6) is 0.861. The molecule has 0 saturated heterocycles. The van der Waals surface area contributed by atoms with Gasteiger partial charge in [0.25, 0.3) is 0 Å². The molecule has 0 saturated carbocycles. The number of likely N-dealkylation sites (N-methyl/N-ethyl adjacent to an activating group) is 2. The van der Waals surface area contributed by atoms with Crippen molar-refractivity contribution >= 4 is 15.9 Å². The largest absolute Gasteiger partial charge is 0.497 e. The molecule has 0 N–H and O–H groups in total. The van der Waals surface area contributed by atoms with Gasteiger partial charge in [-0.25, -0.2) is 8.42 Å². The minimum Gasteiger partial charge on any atom is -0.497 e. The Morgan fingerprint density at radius 1 is 1.13 bits per heavy atom. The predicted octanol–water partition coefficient (Wildman–Crippen LogP) is 2.33. The summed E-state index contributed by atoms with van der Waals surface area (Å²) in [7, 11) is 0.709. The van der Waals surface area contributed by atoms with Gasteiger partial charge in [0.15, 0.2) is 0 Å². The molecule has 0 aliphatic heterocycles. The van der Waals surface area contributed by atoms with E-state index >= 15 is 0 Å². The molecule has 2 aromatic carbocycles. The average Bonchev–Trinajstić information content (AvgIpc) is 3.22. The quantitative estimate of drug-likeness (QED) is 0.525. The molecule has 0 fully saturated rings. The Morgan fingerprint density at radius 2 is 1.84 bits per heavy atom. The number of nitrogens with zero attached hydrogens (tertiary/aromatic N) is 4. The minimum atomic E-state index is -3.77. The summed E-state index contributed by atoms with van der Waals surface area (Å²) in [5.41, 5.74) is 1.66. The number of carbonyl (C=O) groups excluding carboxylic acids is 1. The number of hydrogen-bond donors (Lipinski definition) is 0. The summed E-state index contributed by atoms with van der Waals surface area (Å²) >= 11 is 0. The monoisotopic (exact) mass is 444 g/mol. The minimum absolute atomic E-state index is 0.0498. The molecule has 31 heavy (non-hydrogen) atoms. The van der Waals surface area contributed by atoms with Crippen LogP contribution in [0, 0.1) is 6.92 Å². The number of carbonyl (C=O) groups is 1. The van der Waals surface area contributed by atoms with E-state index in [0.29, 0.717) is 17.1 Å². The van der Waals surface area contributed by atoms with Crippen LogP contribution in [0.25, 0.3) is 11.4 Å². The highest BCUT2D eigenvalue weighted by molar-refractivity contribution is 7.89. The fourth-order valence-corrected chi connectivity index (χ4v) is 3.90. The first-order chi connectivity index (χ1) is 14.7. The molecule has 0 aliphatic carbocycles. The van der Waals surface area contributed by atoms with Crippen molar-refractivity contribution in [2.45, 2.75) is 18.4 Å². The molecule has 1 amide bonds. The third kappa shape index (κ3) is 5.28. The van der Waals surface area contributed by atoms with E-state index in [1.54, 1.807) is 38.4 Å². The van der Waals surface area contributed by atoms with Crippen LogP contribution in [0.3, 0.4) is 0 Å². The first kappa shape index (κ1) is 22.4. The standard InChI is InChI=1S/C21H24N4O5S/c1-15-8-10-18(11-9-15)31(27,28)25(3)14-20(26)24(2)13-19-22-21(23-30-19)16-6-5-7-17(12-16)29-4/h5-12H,13-14H2,1-4H3. The van der Waals surface area contributed by atoms with Crippen molar-refractivity contribution in [2.24, 2.45) is 0 Å². The smallest absolute Gasteiger partial charge is 0.246 e. The third-order valence-corrected chi connectivity index (χ3v) is 6.50. The number of hydrogen-bond acceptors (Lipinski definition) is 7. The van der Waals surface area contributed by atoms with Gasteiger partial charge in [0.2, 0.25) is 27.6 Å². The first-order valence-corrected chi connectivity index (χ1v) is 10.9. The van der Waals surface area contributed by atoms with Gasteiger partial charge in [0.05, 0.1) is 25.1 Å². The van der Waals surface area contributed by atoms with Crippen molar-refractivity contribution in [1.82, 2.24) is 19.3 Å². The summed E-state index contributed by atoms with van der Waals surface area (Å²) in [5, 5.41) is 3.94. The summed E-state index contributed by atoms with van der Waals surface area (Å²) in [6.45, 7) is 1.60. The summed E-state index contributed by atoms with van der Waals surface area (Å²) in [6, 6.07) is 13.7. The highest BCUT2D eigenvalue weighted by Crippen LogP contribution is 2.21. The van der Waals surface area contributed by atoms with Crippen LogP contribution >= 0.6 is 0 Å². The van der Waals surface area contributed by atoms with Gasteiger partial charge in [-0.05, 0) is 31.2 Å². The first-order valence-electron chi connectivity index (χ1n) is 9.44. The van der Waals surface area contributed by atoms with Gasteiger partial charge in [0, 0.05) is 19.7 Å². The lowest BCUT2D eigenvalue weighted by atomic mass is 10.2. The van der Waals surface area contributed by atoms with Crippen LogP contribution < -0.4 is 4.74 Å². The van der Waals surface area contributed by atoms with Crippen molar-refractivity contribution in [1.29, 1.82) is 0 Å². The summed E-state index contributed by atoms with van der Waals surface area (Å²) < 4.78 is 36.8. The second kappa shape index (κ2) is 9.27. The molecule has 10 heteroatoms. The van der Waals surface area contributed by atoms with E-state index in [4.69, 9.17) is 9.26 Å². The zero-order valence-electron chi connectivity index (χ0n) is 17.8. The van der Waals surface area contributed by atoms with Gasteiger partial charge in [0.1, 0.15) is 5.75 Å². The third-order valence-electron chi connectivity index (χ3n) is 4.68. The molecule has 0 spiro atoms. The number of rotatable bonds is 8. The SMILES string of the molecule is COc1cccc(-c2noc(CN(C)C(=O)CN(C)S(=O)(=O)c3ccc(C)cc3)n2)c1. The molecule has 0 bridgehead atoms. The maximum atomic E-state index is 12.7. The van der Waals surface area contributed by atoms with Crippen molar-refractivity contribution < 1.29 is 22.5 Å². The van der Waals surface area contributed by atoms with E-state index in [9.17, 15) is 13.2 Å². The summed E-state index contributed by atoms with van der Waals surface area (Å²) in [4.78, 5) is 18.3. The Bertz CT molecular complexity index is 1160. The molecule has 0 atom stereocenters. The van der Waals surface area contributed by atoms with Gasteiger partial charge in [-0.1, -0.05) is 35.0 Å². The van der Waals surface area contributed by atoms with Crippen LogP contribution in [0.1, 0.15) is 11.5 Å². The maximum absolute atomic E-state index is 12.7. The fourth-order valence-electron chi connectivity index (χ4n) is 2.78. The van der Waals surface area contributed by atoms with E-state index in [1.165, 1.54) is 24.1 Å². The Balaban J connectivity index is 1.64. The number of benzene rings is 2. The normalized spacial score (nSPS) is 11.5. The van der Waals surface area contributed by atoms with E-state index in [2.05, 4.69) is 10.1 Å². The predicted molar refractivity (Wildman–Crippen MR) is 114 cm³/mol. The lowest BCUT2D eigenvalue weighted by Crippen LogP contribution is -2.39. The number of sulfonamides is 1. The Morgan fingerprint density at radius 3 is 2.52 bits per heavy atom.